The van der Waals surface area contributed by atoms with E-state index in [0.29, 0.717) is 17.1 Å². The van der Waals surface area contributed by atoms with E-state index in [1.54, 1.807) is 6.92 Å². The molecule has 0 bridgehead atoms. The van der Waals surface area contributed by atoms with Crippen LogP contribution >= 0.6 is 0 Å². The molecule has 0 fully saturated rings. The van der Waals surface area contributed by atoms with Crippen LogP contribution in [0.3, 0.4) is 0 Å². The molecule has 0 amide bonds. The predicted molar refractivity (Wildman–Crippen MR) is 50.3 cm³/mol. The third kappa shape index (κ3) is 1.36. The van der Waals surface area contributed by atoms with Crippen molar-refractivity contribution < 1.29 is 24.1 Å². The average Bonchev–Trinajstić information content (AvgIpc) is 2.65. The Morgan fingerprint density at radius 2 is 2.27 bits per heavy atom. The van der Waals surface area contributed by atoms with Crippen molar-refractivity contribution in [3.8, 4) is 17.2 Å². The van der Waals surface area contributed by atoms with Gasteiger partial charge < -0.3 is 19.3 Å². The summed E-state index contributed by atoms with van der Waals surface area (Å²) in [6, 6.07) is 1.35. The standard InChI is InChI=1S/C10H10O5/c1-5-8(10(12)13-2)6(11)3-7-9(5)15-4-14-7/h3,11H,4H2,1-2H3. The number of carbonyl (C=O) groups is 1. The summed E-state index contributed by atoms with van der Waals surface area (Å²) in [4.78, 5) is 11.4. The number of fused-ring (bicyclic) bond motifs is 1. The predicted octanol–water partition coefficient (Wildman–Crippen LogP) is 1.22. The first-order valence-electron chi connectivity index (χ1n) is 4.35. The highest BCUT2D eigenvalue weighted by atomic mass is 16.7. The van der Waals surface area contributed by atoms with Crippen molar-refractivity contribution in [2.24, 2.45) is 0 Å². The van der Waals surface area contributed by atoms with Gasteiger partial charge in [0.1, 0.15) is 11.3 Å². The molecule has 0 aromatic heterocycles. The molecule has 2 rings (SSSR count). The van der Waals surface area contributed by atoms with Gasteiger partial charge in [-0.1, -0.05) is 0 Å². The van der Waals surface area contributed by atoms with Crippen molar-refractivity contribution in [2.75, 3.05) is 13.9 Å². The van der Waals surface area contributed by atoms with Crippen LogP contribution in [0.4, 0.5) is 0 Å². The van der Waals surface area contributed by atoms with Crippen LogP contribution in [0.2, 0.25) is 0 Å². The molecule has 1 aromatic rings. The quantitative estimate of drug-likeness (QED) is 0.706. The number of hydrogen-bond donors (Lipinski definition) is 1. The number of methoxy groups -OCH3 is 1. The van der Waals surface area contributed by atoms with Gasteiger partial charge in [-0.05, 0) is 6.92 Å². The summed E-state index contributed by atoms with van der Waals surface area (Å²) >= 11 is 0. The number of ether oxygens (including phenoxy) is 3. The Bertz CT molecular complexity index is 424. The molecule has 0 saturated heterocycles. The zero-order chi connectivity index (χ0) is 11.0. The minimum atomic E-state index is -0.594. The van der Waals surface area contributed by atoms with E-state index in [-0.39, 0.29) is 18.1 Å². The molecule has 1 aromatic carbocycles. The molecule has 0 spiro atoms. The van der Waals surface area contributed by atoms with E-state index in [0.717, 1.165) is 0 Å². The van der Waals surface area contributed by atoms with Gasteiger partial charge in [0, 0.05) is 11.6 Å². The smallest absolute Gasteiger partial charge is 0.342 e. The molecule has 1 heterocycles. The highest BCUT2D eigenvalue weighted by Crippen LogP contribution is 2.41. The molecule has 80 valence electrons. The van der Waals surface area contributed by atoms with Gasteiger partial charge in [0.25, 0.3) is 0 Å². The van der Waals surface area contributed by atoms with Gasteiger partial charge in [0.05, 0.1) is 7.11 Å². The Morgan fingerprint density at radius 3 is 2.93 bits per heavy atom. The Hall–Kier alpha value is -1.91. The van der Waals surface area contributed by atoms with E-state index in [4.69, 9.17) is 9.47 Å². The fraction of sp³-hybridized carbons (Fsp3) is 0.300. The van der Waals surface area contributed by atoms with Crippen LogP contribution in [0.15, 0.2) is 6.07 Å². The molecule has 5 nitrogen and oxygen atoms in total. The Kier molecular flexibility index (Phi) is 2.15. The van der Waals surface area contributed by atoms with Gasteiger partial charge in [0.2, 0.25) is 6.79 Å². The first-order chi connectivity index (χ1) is 7.15. The van der Waals surface area contributed by atoms with Crippen LogP contribution in [-0.4, -0.2) is 25.0 Å². The maximum Gasteiger partial charge on any atom is 0.342 e. The van der Waals surface area contributed by atoms with Gasteiger partial charge in [0.15, 0.2) is 11.5 Å². The van der Waals surface area contributed by atoms with Crippen molar-refractivity contribution >= 4 is 5.97 Å². The van der Waals surface area contributed by atoms with Crippen molar-refractivity contribution in [3.63, 3.8) is 0 Å². The Labute approximate surface area is 86.2 Å². The number of carbonyl (C=O) groups excluding carboxylic acids is 1. The van der Waals surface area contributed by atoms with Crippen LogP contribution < -0.4 is 9.47 Å². The van der Waals surface area contributed by atoms with E-state index < -0.39 is 5.97 Å². The van der Waals surface area contributed by atoms with E-state index in [9.17, 15) is 9.90 Å². The molecule has 0 aliphatic carbocycles. The average molecular weight is 210 g/mol. The minimum Gasteiger partial charge on any atom is -0.507 e. The number of hydrogen-bond acceptors (Lipinski definition) is 5. The lowest BCUT2D eigenvalue weighted by atomic mass is 10.1. The topological polar surface area (TPSA) is 65.0 Å². The van der Waals surface area contributed by atoms with Gasteiger partial charge in [-0.15, -0.1) is 0 Å². The highest BCUT2D eigenvalue weighted by Gasteiger charge is 2.25. The summed E-state index contributed by atoms with van der Waals surface area (Å²) in [6.07, 6.45) is 0. The van der Waals surface area contributed by atoms with Crippen molar-refractivity contribution in [1.82, 2.24) is 0 Å². The lowest BCUT2D eigenvalue weighted by Crippen LogP contribution is -2.04. The fourth-order valence-corrected chi connectivity index (χ4v) is 1.55. The summed E-state index contributed by atoms with van der Waals surface area (Å²) in [5.74, 6) is 0.165. The number of esters is 1. The number of rotatable bonds is 1. The van der Waals surface area contributed by atoms with E-state index >= 15 is 0 Å². The van der Waals surface area contributed by atoms with Crippen LogP contribution in [0.1, 0.15) is 15.9 Å². The summed E-state index contributed by atoms with van der Waals surface area (Å²) < 4.78 is 14.8. The SMILES string of the molecule is COC(=O)c1c(O)cc2c(c1C)OCO2. The van der Waals surface area contributed by atoms with Gasteiger partial charge in [-0.2, -0.15) is 0 Å². The molecule has 15 heavy (non-hydrogen) atoms. The number of benzene rings is 1. The molecule has 0 radical (unpaired) electrons. The zero-order valence-electron chi connectivity index (χ0n) is 8.36. The summed E-state index contributed by atoms with van der Waals surface area (Å²) in [7, 11) is 1.26. The molecule has 1 aliphatic rings. The van der Waals surface area contributed by atoms with E-state index in [2.05, 4.69) is 4.74 Å². The number of phenolic OH excluding ortho intramolecular Hbond substituents is 1. The van der Waals surface area contributed by atoms with Crippen LogP contribution in [0.25, 0.3) is 0 Å². The first-order valence-corrected chi connectivity index (χ1v) is 4.35. The molecule has 1 N–H and O–H groups in total. The molecular formula is C10H10O5. The molecular weight excluding hydrogens is 200 g/mol. The van der Waals surface area contributed by atoms with Gasteiger partial charge in [-0.3, -0.25) is 0 Å². The second-order valence-electron chi connectivity index (χ2n) is 3.12. The number of phenols is 1. The summed E-state index contributed by atoms with van der Waals surface area (Å²) in [5.41, 5.74) is 0.635. The van der Waals surface area contributed by atoms with Crippen LogP contribution in [0.5, 0.6) is 17.2 Å². The third-order valence-corrected chi connectivity index (χ3v) is 2.27. The maximum absolute atomic E-state index is 11.4. The highest BCUT2D eigenvalue weighted by molar-refractivity contribution is 5.95. The normalized spacial score (nSPS) is 12.7. The van der Waals surface area contributed by atoms with Gasteiger partial charge in [-0.25, -0.2) is 4.79 Å². The Balaban J connectivity index is 2.61. The fourth-order valence-electron chi connectivity index (χ4n) is 1.55. The molecule has 0 saturated carbocycles. The third-order valence-electron chi connectivity index (χ3n) is 2.27. The van der Waals surface area contributed by atoms with Crippen molar-refractivity contribution in [3.05, 3.63) is 17.2 Å². The van der Waals surface area contributed by atoms with Crippen LogP contribution in [-0.2, 0) is 4.74 Å². The summed E-state index contributed by atoms with van der Waals surface area (Å²) in [5, 5.41) is 9.62. The zero-order valence-corrected chi connectivity index (χ0v) is 8.36. The van der Waals surface area contributed by atoms with Crippen molar-refractivity contribution in [1.29, 1.82) is 0 Å². The van der Waals surface area contributed by atoms with Gasteiger partial charge >= 0.3 is 5.97 Å². The molecule has 5 heteroatoms. The monoisotopic (exact) mass is 210 g/mol. The second kappa shape index (κ2) is 3.34. The maximum atomic E-state index is 11.4. The summed E-state index contributed by atoms with van der Waals surface area (Å²) in [6.45, 7) is 1.76. The molecule has 0 unspecified atom stereocenters. The van der Waals surface area contributed by atoms with E-state index in [1.165, 1.54) is 13.2 Å². The largest absolute Gasteiger partial charge is 0.507 e. The molecule has 0 atom stereocenters. The van der Waals surface area contributed by atoms with E-state index in [1.807, 2.05) is 0 Å². The van der Waals surface area contributed by atoms with Crippen molar-refractivity contribution in [2.45, 2.75) is 6.92 Å². The number of aromatic hydroxyl groups is 1. The first kappa shape index (κ1) is 9.64. The lowest BCUT2D eigenvalue weighted by Gasteiger charge is -2.08. The second-order valence-corrected chi connectivity index (χ2v) is 3.12. The minimum absolute atomic E-state index is 0.0975. The molecule has 1 aliphatic heterocycles. The van der Waals surface area contributed by atoms with Crippen LogP contribution in [0, 0.1) is 6.92 Å². The lowest BCUT2D eigenvalue weighted by molar-refractivity contribution is 0.0596. The Morgan fingerprint density at radius 1 is 1.53 bits per heavy atom.